The van der Waals surface area contributed by atoms with Crippen LogP contribution in [0.2, 0.25) is 0 Å². The molecule has 2 N–H and O–H groups in total. The number of imide groups is 1. The molecule has 3 amide bonds. The number of fused-ring (bicyclic) bond motifs is 1. The second-order valence-electron chi connectivity index (χ2n) is 11.6. The fourth-order valence-electron chi connectivity index (χ4n) is 6.56. The van der Waals surface area contributed by atoms with Gasteiger partial charge in [-0.3, -0.25) is 24.6 Å². The molecule has 1 saturated carbocycles. The number of unbranched alkanes of at least 4 members (excludes halogenated alkanes) is 5. The monoisotopic (exact) mass is 524 g/mol. The molecule has 1 aromatic carbocycles. The van der Waals surface area contributed by atoms with Crippen molar-refractivity contribution in [1.29, 1.82) is 0 Å². The zero-order chi connectivity index (χ0) is 26.5. The Hall–Kier alpha value is -2.45. The molecule has 0 radical (unpaired) electrons. The fraction of sp³-hybridized carbons (Fsp3) is 0.700. The lowest BCUT2D eigenvalue weighted by atomic mass is 9.88. The third-order valence-corrected chi connectivity index (χ3v) is 8.79. The van der Waals surface area contributed by atoms with Gasteiger partial charge in [0.15, 0.2) is 0 Å². The topological polar surface area (TPSA) is 91.0 Å². The van der Waals surface area contributed by atoms with Crippen LogP contribution in [-0.4, -0.2) is 71.4 Å². The van der Waals surface area contributed by atoms with E-state index < -0.39 is 6.04 Å². The molecule has 208 valence electrons. The quantitative estimate of drug-likeness (QED) is 0.320. The zero-order valence-corrected chi connectivity index (χ0v) is 22.9. The number of carbonyl (C=O) groups excluding carboxylic acids is 3. The summed E-state index contributed by atoms with van der Waals surface area (Å²) in [5.41, 5.74) is 1.52. The first-order valence-electron chi connectivity index (χ1n) is 14.9. The van der Waals surface area contributed by atoms with Crippen LogP contribution in [0.25, 0.3) is 0 Å². The molecule has 8 nitrogen and oxygen atoms in total. The van der Waals surface area contributed by atoms with Crippen LogP contribution in [0.15, 0.2) is 18.2 Å². The van der Waals surface area contributed by atoms with E-state index in [4.69, 9.17) is 4.74 Å². The van der Waals surface area contributed by atoms with Gasteiger partial charge in [-0.1, -0.05) is 45.4 Å². The van der Waals surface area contributed by atoms with E-state index in [1.165, 1.54) is 57.8 Å². The Labute approximate surface area is 226 Å². The Morgan fingerprint density at radius 3 is 2.61 bits per heavy atom. The maximum atomic E-state index is 13.0. The number of carbonyl (C=O) groups is 3. The standard InChI is InChI=1S/C30H44N4O4/c1-2-3-4-5-6-9-16-31-22-19-33(20-22)25-10-7-8-11-27(25)38-23-12-13-24-21(17-23)18-34(30(24)37)26-14-15-28(35)32-29(26)36/h12-13,17,22,25-27,31H,2-11,14-16,18-20H2,1H3,(H,32,35,36). The molecular weight excluding hydrogens is 480 g/mol. The highest BCUT2D eigenvalue weighted by Crippen LogP contribution is 2.33. The number of amides is 3. The van der Waals surface area contributed by atoms with E-state index in [1.54, 1.807) is 4.90 Å². The molecule has 0 bridgehead atoms. The Balaban J connectivity index is 1.11. The molecule has 3 fully saturated rings. The van der Waals surface area contributed by atoms with Gasteiger partial charge in [-0.2, -0.15) is 0 Å². The summed E-state index contributed by atoms with van der Waals surface area (Å²) in [7, 11) is 0. The van der Waals surface area contributed by atoms with Crippen molar-refractivity contribution in [1.82, 2.24) is 20.4 Å². The number of nitrogens with one attached hydrogen (secondary N) is 2. The lowest BCUT2D eigenvalue weighted by Crippen LogP contribution is -2.64. The van der Waals surface area contributed by atoms with Gasteiger partial charge in [-0.25, -0.2) is 0 Å². The largest absolute Gasteiger partial charge is 0.489 e. The van der Waals surface area contributed by atoms with Crippen LogP contribution in [0.1, 0.15) is 99.9 Å². The summed E-state index contributed by atoms with van der Waals surface area (Å²) in [6.45, 7) is 5.96. The van der Waals surface area contributed by atoms with Gasteiger partial charge in [0, 0.05) is 43.7 Å². The SMILES string of the molecule is CCCCCCCCNC1CN(C2CCCCC2Oc2ccc3c(c2)CN(C2CCC(=O)NC2=O)C3=O)C1. The Morgan fingerprint density at radius 1 is 1.00 bits per heavy atom. The van der Waals surface area contributed by atoms with Crippen molar-refractivity contribution in [3.8, 4) is 5.75 Å². The van der Waals surface area contributed by atoms with Gasteiger partial charge in [0.2, 0.25) is 11.8 Å². The summed E-state index contributed by atoms with van der Waals surface area (Å²) in [6, 6.07) is 6.16. The molecule has 3 unspecified atom stereocenters. The highest BCUT2D eigenvalue weighted by molar-refractivity contribution is 6.05. The van der Waals surface area contributed by atoms with Crippen molar-refractivity contribution < 1.29 is 19.1 Å². The third-order valence-electron chi connectivity index (χ3n) is 8.79. The van der Waals surface area contributed by atoms with Gasteiger partial charge in [0.1, 0.15) is 17.9 Å². The molecule has 3 aliphatic heterocycles. The zero-order valence-electron chi connectivity index (χ0n) is 22.9. The van der Waals surface area contributed by atoms with Gasteiger partial charge >= 0.3 is 0 Å². The number of hydrogen-bond donors (Lipinski definition) is 2. The van der Waals surface area contributed by atoms with E-state index in [2.05, 4.69) is 22.5 Å². The second kappa shape index (κ2) is 12.6. The lowest BCUT2D eigenvalue weighted by Gasteiger charge is -2.48. The van der Waals surface area contributed by atoms with E-state index in [-0.39, 0.29) is 30.2 Å². The molecule has 3 heterocycles. The fourth-order valence-corrected chi connectivity index (χ4v) is 6.56. The number of benzene rings is 1. The molecule has 0 spiro atoms. The van der Waals surface area contributed by atoms with E-state index >= 15 is 0 Å². The van der Waals surface area contributed by atoms with E-state index in [1.807, 2.05) is 18.2 Å². The predicted octanol–water partition coefficient (Wildman–Crippen LogP) is 3.77. The van der Waals surface area contributed by atoms with Crippen molar-refractivity contribution >= 4 is 17.7 Å². The van der Waals surface area contributed by atoms with Crippen molar-refractivity contribution in [3.63, 3.8) is 0 Å². The molecule has 8 heteroatoms. The van der Waals surface area contributed by atoms with Crippen LogP contribution in [0.5, 0.6) is 5.75 Å². The first-order chi connectivity index (χ1) is 18.5. The van der Waals surface area contributed by atoms with Gasteiger partial charge < -0.3 is 15.0 Å². The average Bonchev–Trinajstić information content (AvgIpc) is 3.20. The van der Waals surface area contributed by atoms with Crippen LogP contribution in [0.4, 0.5) is 0 Å². The number of likely N-dealkylation sites (tertiary alicyclic amines) is 1. The van der Waals surface area contributed by atoms with Crippen LogP contribution < -0.4 is 15.4 Å². The number of nitrogens with zero attached hydrogens (tertiary/aromatic N) is 2. The highest BCUT2D eigenvalue weighted by atomic mass is 16.5. The Kier molecular flexibility index (Phi) is 9.00. The van der Waals surface area contributed by atoms with Crippen LogP contribution in [0, 0.1) is 0 Å². The molecular formula is C30H44N4O4. The van der Waals surface area contributed by atoms with Crippen LogP contribution >= 0.6 is 0 Å². The van der Waals surface area contributed by atoms with Crippen molar-refractivity contribution in [2.24, 2.45) is 0 Å². The number of piperidine rings is 1. The number of ether oxygens (including phenoxy) is 1. The molecule has 1 aromatic rings. The minimum atomic E-state index is -0.589. The number of hydrogen-bond acceptors (Lipinski definition) is 6. The summed E-state index contributed by atoms with van der Waals surface area (Å²) in [5, 5.41) is 6.11. The van der Waals surface area contributed by atoms with Gasteiger partial charge in [0.05, 0.1) is 0 Å². The second-order valence-corrected chi connectivity index (χ2v) is 11.6. The van der Waals surface area contributed by atoms with Gasteiger partial charge in [-0.05, 0) is 62.4 Å². The first kappa shape index (κ1) is 27.1. The Morgan fingerprint density at radius 2 is 1.79 bits per heavy atom. The summed E-state index contributed by atoms with van der Waals surface area (Å²) in [4.78, 5) is 41.1. The average molecular weight is 525 g/mol. The predicted molar refractivity (Wildman–Crippen MR) is 146 cm³/mol. The molecule has 38 heavy (non-hydrogen) atoms. The van der Waals surface area contributed by atoms with Gasteiger partial charge in [0.25, 0.3) is 5.91 Å². The smallest absolute Gasteiger partial charge is 0.255 e. The highest BCUT2D eigenvalue weighted by Gasteiger charge is 2.40. The summed E-state index contributed by atoms with van der Waals surface area (Å²) < 4.78 is 6.57. The minimum Gasteiger partial charge on any atom is -0.489 e. The summed E-state index contributed by atoms with van der Waals surface area (Å²) in [5.74, 6) is 0.0157. The van der Waals surface area contributed by atoms with Gasteiger partial charge in [-0.15, -0.1) is 0 Å². The molecule has 1 aliphatic carbocycles. The molecule has 2 saturated heterocycles. The van der Waals surface area contributed by atoms with E-state index in [0.29, 0.717) is 30.6 Å². The first-order valence-corrected chi connectivity index (χ1v) is 14.9. The molecule has 0 aromatic heterocycles. The normalized spacial score (nSPS) is 26.3. The Bertz CT molecular complexity index is 1010. The van der Waals surface area contributed by atoms with Crippen LogP contribution in [-0.2, 0) is 16.1 Å². The summed E-state index contributed by atoms with van der Waals surface area (Å²) in [6.07, 6.45) is 13.4. The van der Waals surface area contributed by atoms with Crippen molar-refractivity contribution in [3.05, 3.63) is 29.3 Å². The van der Waals surface area contributed by atoms with Crippen molar-refractivity contribution in [2.75, 3.05) is 19.6 Å². The summed E-state index contributed by atoms with van der Waals surface area (Å²) >= 11 is 0. The van der Waals surface area contributed by atoms with Crippen LogP contribution in [0.3, 0.4) is 0 Å². The maximum absolute atomic E-state index is 13.0. The molecule has 4 aliphatic rings. The minimum absolute atomic E-state index is 0.142. The maximum Gasteiger partial charge on any atom is 0.255 e. The molecule has 5 rings (SSSR count). The van der Waals surface area contributed by atoms with E-state index in [0.717, 1.165) is 37.4 Å². The third kappa shape index (κ3) is 6.23. The lowest BCUT2D eigenvalue weighted by molar-refractivity contribution is -0.136. The van der Waals surface area contributed by atoms with Crippen molar-refractivity contribution in [2.45, 2.75) is 115 Å². The molecule has 3 atom stereocenters. The van der Waals surface area contributed by atoms with E-state index in [9.17, 15) is 14.4 Å². The number of rotatable bonds is 12.